The predicted octanol–water partition coefficient (Wildman–Crippen LogP) is 3.55. The van der Waals surface area contributed by atoms with Gasteiger partial charge in [-0.3, -0.25) is 9.78 Å². The number of sulfonamides is 1. The maximum Gasteiger partial charge on any atom is 0.433 e. The SMILES string of the molecule is O=C(NCc1cc(-c2ccc(C(F)(F)F)nc2)ncn1)[C@@H]1[C@H]2CC[C@H](C2)N1S(=O)(=O)c1ccc(F)cc1. The van der Waals surface area contributed by atoms with Crippen molar-refractivity contribution in [2.24, 2.45) is 5.92 Å². The molecule has 1 saturated carbocycles. The number of benzene rings is 1. The molecule has 1 saturated heterocycles. The van der Waals surface area contributed by atoms with Crippen molar-refractivity contribution < 1.29 is 30.8 Å². The molecule has 2 aliphatic rings. The van der Waals surface area contributed by atoms with Crippen LogP contribution >= 0.6 is 0 Å². The van der Waals surface area contributed by atoms with Gasteiger partial charge in [0, 0.05) is 17.8 Å². The minimum atomic E-state index is -4.56. The first-order valence-electron chi connectivity index (χ1n) is 11.5. The Bertz CT molecular complexity index is 1420. The molecule has 0 unspecified atom stereocenters. The standard InChI is InChI=1S/C24H21F4N5O3S/c25-16-3-6-19(7-4-16)37(35,36)33-18-5-1-14(9-18)22(33)23(34)30-12-17-10-20(32-13-31-17)15-2-8-21(29-11-15)24(26,27)28/h2-4,6-8,10-11,13-14,18,22H,1,5,9,12H2,(H,30,34)/t14-,18+,22-/m0/s1. The average Bonchev–Trinajstić information content (AvgIpc) is 3.50. The number of hydrogen-bond donors (Lipinski definition) is 1. The summed E-state index contributed by atoms with van der Waals surface area (Å²) in [5.74, 6) is -1.18. The molecule has 2 bridgehead atoms. The van der Waals surface area contributed by atoms with Gasteiger partial charge in [0.05, 0.1) is 22.8 Å². The summed E-state index contributed by atoms with van der Waals surface area (Å²) in [4.78, 5) is 24.7. The van der Waals surface area contributed by atoms with E-state index in [9.17, 15) is 30.8 Å². The molecule has 3 heterocycles. The summed E-state index contributed by atoms with van der Waals surface area (Å²) in [5.41, 5.74) is 0.0201. The number of hydrogen-bond acceptors (Lipinski definition) is 6. The topological polar surface area (TPSA) is 105 Å². The van der Waals surface area contributed by atoms with Crippen molar-refractivity contribution in [3.8, 4) is 11.3 Å². The number of aromatic nitrogens is 3. The monoisotopic (exact) mass is 535 g/mol. The van der Waals surface area contributed by atoms with Crippen LogP contribution in [0, 0.1) is 11.7 Å². The summed E-state index contributed by atoms with van der Waals surface area (Å²) in [5, 5.41) is 2.74. The molecule has 1 aromatic carbocycles. The molecule has 0 radical (unpaired) electrons. The molecule has 2 aromatic heterocycles. The molecule has 13 heteroatoms. The Hall–Kier alpha value is -3.45. The third-order valence-electron chi connectivity index (χ3n) is 6.70. The Labute approximate surface area is 209 Å². The Kier molecular flexibility index (Phi) is 6.44. The lowest BCUT2D eigenvalue weighted by Gasteiger charge is -2.33. The Balaban J connectivity index is 1.31. The van der Waals surface area contributed by atoms with Gasteiger partial charge in [-0.1, -0.05) is 0 Å². The number of carbonyl (C=O) groups is 1. The fraction of sp³-hybridized carbons (Fsp3) is 0.333. The number of halogens is 4. The number of nitrogens with one attached hydrogen (secondary N) is 1. The van der Waals surface area contributed by atoms with Gasteiger partial charge < -0.3 is 5.32 Å². The highest BCUT2D eigenvalue weighted by Gasteiger charge is 2.54. The maximum absolute atomic E-state index is 13.3. The van der Waals surface area contributed by atoms with Crippen LogP contribution in [0.3, 0.4) is 0 Å². The number of alkyl halides is 3. The summed E-state index contributed by atoms with van der Waals surface area (Å²) < 4.78 is 79.6. The highest BCUT2D eigenvalue weighted by molar-refractivity contribution is 7.89. The predicted molar refractivity (Wildman–Crippen MR) is 122 cm³/mol. The van der Waals surface area contributed by atoms with Crippen LogP contribution in [0.15, 0.2) is 59.9 Å². The molecular formula is C24H21F4N5O3S. The van der Waals surface area contributed by atoms with Crippen molar-refractivity contribution in [1.29, 1.82) is 0 Å². The number of nitrogens with zero attached hydrogens (tertiary/aromatic N) is 4. The fourth-order valence-electron chi connectivity index (χ4n) is 5.00. The second kappa shape index (κ2) is 9.45. The number of amides is 1. The first kappa shape index (κ1) is 25.2. The van der Waals surface area contributed by atoms with Crippen molar-refractivity contribution in [3.63, 3.8) is 0 Å². The highest BCUT2D eigenvalue weighted by Crippen LogP contribution is 2.45. The van der Waals surface area contributed by atoms with Crippen LogP contribution in [-0.2, 0) is 27.5 Å². The Morgan fingerprint density at radius 3 is 2.49 bits per heavy atom. The quantitative estimate of drug-likeness (QED) is 0.484. The molecule has 5 rings (SSSR count). The zero-order valence-electron chi connectivity index (χ0n) is 19.2. The van der Waals surface area contributed by atoms with Gasteiger partial charge in [0.1, 0.15) is 23.9 Å². The van der Waals surface area contributed by atoms with Gasteiger partial charge in [-0.2, -0.15) is 17.5 Å². The summed E-state index contributed by atoms with van der Waals surface area (Å²) in [6, 6.07) is 6.89. The van der Waals surface area contributed by atoms with E-state index >= 15 is 0 Å². The average molecular weight is 536 g/mol. The van der Waals surface area contributed by atoms with Crippen LogP contribution < -0.4 is 5.32 Å². The molecule has 194 valence electrons. The summed E-state index contributed by atoms with van der Waals surface area (Å²) in [7, 11) is -4.03. The van der Waals surface area contributed by atoms with Crippen LogP contribution in [0.5, 0.6) is 0 Å². The van der Waals surface area contributed by atoms with Gasteiger partial charge in [-0.15, -0.1) is 0 Å². The Morgan fingerprint density at radius 2 is 1.81 bits per heavy atom. The van der Waals surface area contributed by atoms with Crippen LogP contribution in [0.2, 0.25) is 0 Å². The second-order valence-electron chi connectivity index (χ2n) is 9.00. The van der Waals surface area contributed by atoms with Crippen LogP contribution in [0.25, 0.3) is 11.3 Å². The largest absolute Gasteiger partial charge is 0.433 e. The highest BCUT2D eigenvalue weighted by atomic mass is 32.2. The van der Waals surface area contributed by atoms with Crippen LogP contribution in [0.4, 0.5) is 17.6 Å². The van der Waals surface area contributed by atoms with E-state index in [0.29, 0.717) is 29.8 Å². The molecule has 2 fully saturated rings. The summed E-state index contributed by atoms with van der Waals surface area (Å²) >= 11 is 0. The molecule has 1 N–H and O–H groups in total. The van der Waals surface area contributed by atoms with E-state index < -0.39 is 39.7 Å². The van der Waals surface area contributed by atoms with Gasteiger partial charge >= 0.3 is 6.18 Å². The molecule has 3 aromatic rings. The lowest BCUT2D eigenvalue weighted by molar-refractivity contribution is -0.141. The molecule has 1 aliphatic carbocycles. The van der Waals surface area contributed by atoms with Crippen molar-refractivity contribution >= 4 is 15.9 Å². The Morgan fingerprint density at radius 1 is 1.05 bits per heavy atom. The minimum absolute atomic E-state index is 0.0409. The van der Waals surface area contributed by atoms with Gasteiger partial charge in [-0.25, -0.2) is 22.8 Å². The van der Waals surface area contributed by atoms with E-state index in [1.165, 1.54) is 34.9 Å². The van der Waals surface area contributed by atoms with Crippen LogP contribution in [-0.4, -0.2) is 45.7 Å². The van der Waals surface area contributed by atoms with E-state index in [1.807, 2.05) is 0 Å². The number of piperidine rings is 1. The zero-order chi connectivity index (χ0) is 26.4. The van der Waals surface area contributed by atoms with Gasteiger partial charge in [0.25, 0.3) is 0 Å². The number of rotatable bonds is 6. The van der Waals surface area contributed by atoms with Crippen LogP contribution in [0.1, 0.15) is 30.7 Å². The van der Waals surface area contributed by atoms with Gasteiger partial charge in [-0.05, 0) is 67.6 Å². The van der Waals surface area contributed by atoms with Crippen molar-refractivity contribution in [2.45, 2.75) is 49.0 Å². The van der Waals surface area contributed by atoms with E-state index in [4.69, 9.17) is 0 Å². The lowest BCUT2D eigenvalue weighted by Crippen LogP contribution is -2.52. The van der Waals surface area contributed by atoms with Crippen molar-refractivity contribution in [2.75, 3.05) is 0 Å². The van der Waals surface area contributed by atoms with E-state index in [0.717, 1.165) is 30.8 Å². The third kappa shape index (κ3) is 4.92. The number of fused-ring (bicyclic) bond motifs is 2. The third-order valence-corrected chi connectivity index (χ3v) is 8.65. The first-order valence-corrected chi connectivity index (χ1v) is 12.9. The molecular weight excluding hydrogens is 514 g/mol. The molecule has 3 atom stereocenters. The fourth-order valence-corrected chi connectivity index (χ4v) is 6.87. The smallest absolute Gasteiger partial charge is 0.349 e. The molecule has 0 spiro atoms. The number of pyridine rings is 1. The molecule has 37 heavy (non-hydrogen) atoms. The van der Waals surface area contributed by atoms with E-state index in [2.05, 4.69) is 20.3 Å². The molecule has 8 nitrogen and oxygen atoms in total. The van der Waals surface area contributed by atoms with E-state index in [-0.39, 0.29) is 23.4 Å². The van der Waals surface area contributed by atoms with Gasteiger partial charge in [0.2, 0.25) is 15.9 Å². The molecule has 1 aliphatic heterocycles. The van der Waals surface area contributed by atoms with Gasteiger partial charge in [0.15, 0.2) is 0 Å². The lowest BCUT2D eigenvalue weighted by atomic mass is 9.99. The minimum Gasteiger partial charge on any atom is -0.349 e. The summed E-state index contributed by atoms with van der Waals surface area (Å²) in [6.07, 6.45) is -0.352. The second-order valence-corrected chi connectivity index (χ2v) is 10.8. The normalized spacial score (nSPS) is 21.8. The molecule has 1 amide bonds. The first-order chi connectivity index (χ1) is 17.5. The summed E-state index contributed by atoms with van der Waals surface area (Å²) in [6.45, 7) is -0.0409. The van der Waals surface area contributed by atoms with Crippen molar-refractivity contribution in [1.82, 2.24) is 24.6 Å². The zero-order valence-corrected chi connectivity index (χ0v) is 20.0. The van der Waals surface area contributed by atoms with E-state index in [1.54, 1.807) is 0 Å². The van der Waals surface area contributed by atoms with Crippen molar-refractivity contribution in [3.05, 3.63) is 72.2 Å². The maximum atomic E-state index is 13.3. The number of carbonyl (C=O) groups excluding carboxylic acids is 1.